The van der Waals surface area contributed by atoms with E-state index >= 15 is 0 Å². The molecule has 1 aromatic rings. The third kappa shape index (κ3) is 4.47. The van der Waals surface area contributed by atoms with E-state index in [4.69, 9.17) is 9.84 Å². The van der Waals surface area contributed by atoms with Crippen LogP contribution in [0.1, 0.15) is 25.7 Å². The molecule has 1 aromatic carbocycles. The Morgan fingerprint density at radius 2 is 1.55 bits per heavy atom. The Hall–Kier alpha value is -2.22. The number of unbranched alkanes of at least 4 members (excludes halogenated alkanes) is 3. The van der Waals surface area contributed by atoms with Gasteiger partial charge in [0.05, 0.1) is 16.5 Å². The van der Waals surface area contributed by atoms with Gasteiger partial charge in [0.25, 0.3) is 5.75 Å². The van der Waals surface area contributed by atoms with Crippen molar-refractivity contribution in [1.82, 2.24) is 0 Å². The maximum absolute atomic E-state index is 10.8. The van der Waals surface area contributed by atoms with Crippen LogP contribution in [-0.2, 0) is 0 Å². The summed E-state index contributed by atoms with van der Waals surface area (Å²) in [4.78, 5) is 20.3. The smallest absolute Gasteiger partial charge is 0.318 e. The molecule has 0 aliphatic heterocycles. The Kier molecular flexibility index (Phi) is 6.38. The van der Waals surface area contributed by atoms with Crippen LogP contribution in [0.15, 0.2) is 18.2 Å². The molecular weight excluding hydrogens is 268 g/mol. The van der Waals surface area contributed by atoms with E-state index in [1.54, 1.807) is 0 Å². The van der Waals surface area contributed by atoms with Gasteiger partial charge in [-0.2, -0.15) is 0 Å². The van der Waals surface area contributed by atoms with Gasteiger partial charge >= 0.3 is 11.4 Å². The molecule has 0 saturated carbocycles. The molecule has 20 heavy (non-hydrogen) atoms. The lowest BCUT2D eigenvalue weighted by Crippen LogP contribution is -2.04. The third-order valence-corrected chi connectivity index (χ3v) is 2.67. The zero-order valence-electron chi connectivity index (χ0n) is 10.9. The second kappa shape index (κ2) is 8.05. The van der Waals surface area contributed by atoms with Gasteiger partial charge in [0.2, 0.25) is 0 Å². The summed E-state index contributed by atoms with van der Waals surface area (Å²) in [5, 5.41) is 30.3. The van der Waals surface area contributed by atoms with Crippen molar-refractivity contribution < 1.29 is 19.7 Å². The summed E-state index contributed by atoms with van der Waals surface area (Å²) >= 11 is 0. The first kappa shape index (κ1) is 15.8. The Morgan fingerprint density at radius 1 is 1.00 bits per heavy atom. The first-order valence-electron chi connectivity index (χ1n) is 6.23. The quantitative estimate of drug-likeness (QED) is 0.423. The predicted molar refractivity (Wildman–Crippen MR) is 70.8 cm³/mol. The lowest BCUT2D eigenvalue weighted by atomic mass is 10.2. The van der Waals surface area contributed by atoms with Crippen LogP contribution >= 0.6 is 0 Å². The van der Waals surface area contributed by atoms with Crippen LogP contribution < -0.4 is 4.74 Å². The summed E-state index contributed by atoms with van der Waals surface area (Å²) in [6.45, 7) is 0.285. The number of para-hydroxylation sites is 1. The number of ether oxygens (including phenoxy) is 1. The van der Waals surface area contributed by atoms with Gasteiger partial charge in [-0.15, -0.1) is 0 Å². The molecule has 0 bridgehead atoms. The van der Waals surface area contributed by atoms with Crippen LogP contribution in [0.3, 0.4) is 0 Å². The molecule has 0 amide bonds. The topological polar surface area (TPSA) is 116 Å². The average Bonchev–Trinajstić information content (AvgIpc) is 2.42. The molecule has 1 rings (SSSR count). The molecule has 0 saturated heterocycles. The highest BCUT2D eigenvalue weighted by Gasteiger charge is 2.26. The number of aliphatic hydroxyl groups is 1. The van der Waals surface area contributed by atoms with E-state index in [0.29, 0.717) is 12.8 Å². The van der Waals surface area contributed by atoms with Crippen LogP contribution in [0.25, 0.3) is 0 Å². The highest BCUT2D eigenvalue weighted by atomic mass is 16.6. The van der Waals surface area contributed by atoms with E-state index in [1.165, 1.54) is 18.2 Å². The van der Waals surface area contributed by atoms with E-state index in [2.05, 4.69) is 0 Å². The van der Waals surface area contributed by atoms with Gasteiger partial charge in [0.1, 0.15) is 0 Å². The van der Waals surface area contributed by atoms with Crippen molar-refractivity contribution in [2.45, 2.75) is 25.7 Å². The molecule has 0 radical (unpaired) electrons. The predicted octanol–water partition coefficient (Wildman–Crippen LogP) is 2.43. The molecule has 0 fully saturated rings. The maximum atomic E-state index is 10.8. The van der Waals surface area contributed by atoms with Gasteiger partial charge in [-0.05, 0) is 25.3 Å². The second-order valence-corrected chi connectivity index (χ2v) is 4.13. The van der Waals surface area contributed by atoms with Crippen molar-refractivity contribution in [3.63, 3.8) is 0 Å². The second-order valence-electron chi connectivity index (χ2n) is 4.13. The summed E-state index contributed by atoms with van der Waals surface area (Å²) in [7, 11) is 0. The molecule has 0 spiro atoms. The van der Waals surface area contributed by atoms with Gasteiger partial charge < -0.3 is 9.84 Å². The number of benzene rings is 1. The maximum Gasteiger partial charge on any atom is 0.318 e. The molecule has 110 valence electrons. The molecule has 0 heterocycles. The van der Waals surface area contributed by atoms with Gasteiger partial charge in [0, 0.05) is 18.7 Å². The van der Waals surface area contributed by atoms with Crippen LogP contribution in [0.5, 0.6) is 5.75 Å². The molecule has 0 aromatic heterocycles. The number of hydrogen-bond donors (Lipinski definition) is 1. The molecule has 8 nitrogen and oxygen atoms in total. The molecule has 0 aliphatic carbocycles. The molecule has 1 N–H and O–H groups in total. The van der Waals surface area contributed by atoms with Gasteiger partial charge in [-0.3, -0.25) is 20.2 Å². The minimum atomic E-state index is -0.700. The molecular formula is C12H16N2O6. The summed E-state index contributed by atoms with van der Waals surface area (Å²) in [5.74, 6) is -0.301. The number of nitro benzene ring substituents is 2. The van der Waals surface area contributed by atoms with Crippen molar-refractivity contribution in [2.75, 3.05) is 13.2 Å². The zero-order valence-corrected chi connectivity index (χ0v) is 10.9. The average molecular weight is 284 g/mol. The van der Waals surface area contributed by atoms with Crippen LogP contribution in [0, 0.1) is 20.2 Å². The Bertz CT molecular complexity index is 445. The van der Waals surface area contributed by atoms with E-state index < -0.39 is 21.2 Å². The Balaban J connectivity index is 2.71. The summed E-state index contributed by atoms with van der Waals surface area (Å²) in [6.07, 6.45) is 2.91. The van der Waals surface area contributed by atoms with E-state index in [0.717, 1.165) is 12.8 Å². The van der Waals surface area contributed by atoms with Crippen molar-refractivity contribution in [2.24, 2.45) is 0 Å². The Morgan fingerprint density at radius 3 is 2.05 bits per heavy atom. The van der Waals surface area contributed by atoms with E-state index in [-0.39, 0.29) is 19.0 Å². The highest BCUT2D eigenvalue weighted by Crippen LogP contribution is 2.36. The minimum Gasteiger partial charge on any atom is -0.482 e. The summed E-state index contributed by atoms with van der Waals surface area (Å²) < 4.78 is 5.23. The third-order valence-electron chi connectivity index (χ3n) is 2.67. The summed E-state index contributed by atoms with van der Waals surface area (Å²) in [5.41, 5.74) is -0.816. The van der Waals surface area contributed by atoms with Gasteiger partial charge in [-0.25, -0.2) is 0 Å². The largest absolute Gasteiger partial charge is 0.482 e. The van der Waals surface area contributed by atoms with E-state index in [9.17, 15) is 20.2 Å². The van der Waals surface area contributed by atoms with Gasteiger partial charge in [-0.1, -0.05) is 6.42 Å². The first-order chi connectivity index (χ1) is 9.57. The fourth-order valence-electron chi connectivity index (χ4n) is 1.69. The summed E-state index contributed by atoms with van der Waals surface area (Å²) in [6, 6.07) is 3.60. The SMILES string of the molecule is O=[N+]([O-])c1cccc([N+](=O)[O-])c1OCCCCCCO. The zero-order chi connectivity index (χ0) is 15.0. The fourth-order valence-corrected chi connectivity index (χ4v) is 1.69. The number of hydrogen-bond acceptors (Lipinski definition) is 6. The standard InChI is InChI=1S/C12H16N2O6/c15-8-3-1-2-4-9-20-12-10(13(16)17)6-5-7-11(12)14(18)19/h5-7,15H,1-4,8-9H2. The first-order valence-corrected chi connectivity index (χ1v) is 6.23. The number of rotatable bonds is 9. The van der Waals surface area contributed by atoms with Crippen LogP contribution in [-0.4, -0.2) is 28.2 Å². The van der Waals surface area contributed by atoms with E-state index in [1.807, 2.05) is 0 Å². The Labute approximate surface area is 115 Å². The van der Waals surface area contributed by atoms with Crippen molar-refractivity contribution in [1.29, 1.82) is 0 Å². The van der Waals surface area contributed by atoms with Crippen molar-refractivity contribution >= 4 is 11.4 Å². The van der Waals surface area contributed by atoms with Crippen LogP contribution in [0.2, 0.25) is 0 Å². The lowest BCUT2D eigenvalue weighted by Gasteiger charge is -2.07. The molecule has 0 aliphatic rings. The number of nitro groups is 2. The molecule has 0 unspecified atom stereocenters. The minimum absolute atomic E-state index is 0.122. The normalized spacial score (nSPS) is 10.2. The fraction of sp³-hybridized carbons (Fsp3) is 0.500. The highest BCUT2D eigenvalue weighted by molar-refractivity contribution is 5.59. The number of nitrogens with zero attached hydrogens (tertiary/aromatic N) is 2. The van der Waals surface area contributed by atoms with Crippen molar-refractivity contribution in [3.8, 4) is 5.75 Å². The van der Waals surface area contributed by atoms with Gasteiger partial charge in [0.15, 0.2) is 0 Å². The lowest BCUT2D eigenvalue weighted by molar-refractivity contribution is -0.396. The molecule has 8 heteroatoms. The monoisotopic (exact) mass is 284 g/mol. The number of aliphatic hydroxyl groups excluding tert-OH is 1. The van der Waals surface area contributed by atoms with Crippen LogP contribution in [0.4, 0.5) is 11.4 Å². The molecule has 0 atom stereocenters. The van der Waals surface area contributed by atoms with Crippen molar-refractivity contribution in [3.05, 3.63) is 38.4 Å².